The maximum atomic E-state index is 6.10. The number of nitrogens with zero attached hydrogens (tertiary/aromatic N) is 2. The number of ether oxygens (including phenoxy) is 1. The third-order valence-corrected chi connectivity index (χ3v) is 4.30. The number of H-pyrrole nitrogens is 1. The van der Waals surface area contributed by atoms with Crippen LogP contribution < -0.4 is 10.5 Å². The first-order valence-electron chi connectivity index (χ1n) is 7.97. The topological polar surface area (TPSA) is 66.6 Å². The van der Waals surface area contributed by atoms with Gasteiger partial charge in [0.05, 0.1) is 7.11 Å². The van der Waals surface area contributed by atoms with Gasteiger partial charge >= 0.3 is 0 Å². The van der Waals surface area contributed by atoms with Crippen molar-refractivity contribution in [1.82, 2.24) is 9.88 Å². The van der Waals surface area contributed by atoms with E-state index in [4.69, 9.17) is 10.5 Å². The minimum Gasteiger partial charge on any atom is -0.496 e. The quantitative estimate of drug-likeness (QED) is 0.673. The van der Waals surface area contributed by atoms with E-state index in [0.717, 1.165) is 36.2 Å². The number of aromatic amines is 1. The Bertz CT molecular complexity index is 656. The number of hydrogen-bond donors (Lipinski definition) is 2. The van der Waals surface area contributed by atoms with Gasteiger partial charge in [0.2, 0.25) is 0 Å². The average Bonchev–Trinajstić information content (AvgIpc) is 2.99. The van der Waals surface area contributed by atoms with Gasteiger partial charge in [0.1, 0.15) is 5.75 Å². The summed E-state index contributed by atoms with van der Waals surface area (Å²) in [6.07, 6.45) is 6.64. The summed E-state index contributed by atoms with van der Waals surface area (Å²) in [4.78, 5) is 10.0. The zero-order valence-corrected chi connectivity index (χ0v) is 13.1. The van der Waals surface area contributed by atoms with Crippen LogP contribution >= 0.6 is 0 Å². The second-order valence-electron chi connectivity index (χ2n) is 5.73. The molecule has 0 unspecified atom stereocenters. The second kappa shape index (κ2) is 6.73. The van der Waals surface area contributed by atoms with Gasteiger partial charge in [-0.1, -0.05) is 6.07 Å². The largest absolute Gasteiger partial charge is 0.496 e. The van der Waals surface area contributed by atoms with Crippen molar-refractivity contribution >= 4 is 16.9 Å². The summed E-state index contributed by atoms with van der Waals surface area (Å²) in [5.74, 6) is 1.59. The Balaban J connectivity index is 1.69. The van der Waals surface area contributed by atoms with Gasteiger partial charge in [0.25, 0.3) is 0 Å². The molecule has 1 aliphatic rings. The van der Waals surface area contributed by atoms with Crippen LogP contribution in [0.1, 0.15) is 24.8 Å². The molecule has 0 radical (unpaired) electrons. The number of aliphatic imine (C=N–C) groups is 1. The average molecular weight is 300 g/mol. The summed E-state index contributed by atoms with van der Waals surface area (Å²) >= 11 is 0. The zero-order chi connectivity index (χ0) is 15.4. The van der Waals surface area contributed by atoms with E-state index < -0.39 is 0 Å². The van der Waals surface area contributed by atoms with Crippen LogP contribution in [-0.2, 0) is 6.42 Å². The van der Waals surface area contributed by atoms with Crippen molar-refractivity contribution < 1.29 is 4.74 Å². The molecule has 0 atom stereocenters. The number of aromatic nitrogens is 1. The first-order valence-corrected chi connectivity index (χ1v) is 7.97. The minimum absolute atomic E-state index is 0.687. The third-order valence-electron chi connectivity index (χ3n) is 4.30. The Morgan fingerprint density at radius 2 is 2.14 bits per heavy atom. The fourth-order valence-corrected chi connectivity index (χ4v) is 3.10. The van der Waals surface area contributed by atoms with Crippen LogP contribution in [0.3, 0.4) is 0 Å². The highest BCUT2D eigenvalue weighted by Crippen LogP contribution is 2.28. The van der Waals surface area contributed by atoms with Crippen LogP contribution in [0.2, 0.25) is 0 Å². The molecular formula is C17H24N4O. The summed E-state index contributed by atoms with van der Waals surface area (Å²) in [6.45, 7) is 2.78. The van der Waals surface area contributed by atoms with Crippen LogP contribution in [0.15, 0.2) is 29.4 Å². The molecule has 5 heteroatoms. The number of nitrogens with one attached hydrogen (secondary N) is 1. The Labute approximate surface area is 131 Å². The van der Waals surface area contributed by atoms with Crippen molar-refractivity contribution in [2.24, 2.45) is 10.7 Å². The SMILES string of the molecule is COc1cccc2[nH]cc(CCN=C(N)N3CCCCC3)c12. The van der Waals surface area contributed by atoms with E-state index in [1.165, 1.54) is 24.8 Å². The first-order chi connectivity index (χ1) is 10.8. The highest BCUT2D eigenvalue weighted by atomic mass is 16.5. The molecule has 2 aromatic rings. The lowest BCUT2D eigenvalue weighted by molar-refractivity contribution is 0.338. The number of benzene rings is 1. The van der Waals surface area contributed by atoms with E-state index in [1.54, 1.807) is 7.11 Å². The van der Waals surface area contributed by atoms with E-state index in [2.05, 4.69) is 20.9 Å². The van der Waals surface area contributed by atoms with Crippen LogP contribution in [0.4, 0.5) is 0 Å². The molecule has 1 fully saturated rings. The number of nitrogens with two attached hydrogens (primary N) is 1. The normalized spacial score (nSPS) is 16.2. The lowest BCUT2D eigenvalue weighted by Crippen LogP contribution is -2.41. The van der Waals surface area contributed by atoms with Gasteiger partial charge < -0.3 is 20.4 Å². The Hall–Kier alpha value is -2.17. The molecule has 2 heterocycles. The van der Waals surface area contributed by atoms with Crippen molar-refractivity contribution in [1.29, 1.82) is 0 Å². The van der Waals surface area contributed by atoms with Gasteiger partial charge in [-0.05, 0) is 43.4 Å². The molecule has 1 aliphatic heterocycles. The molecule has 3 rings (SSSR count). The number of fused-ring (bicyclic) bond motifs is 1. The number of likely N-dealkylation sites (tertiary alicyclic amines) is 1. The minimum atomic E-state index is 0.687. The molecule has 0 aliphatic carbocycles. The fourth-order valence-electron chi connectivity index (χ4n) is 3.10. The zero-order valence-electron chi connectivity index (χ0n) is 13.1. The molecule has 22 heavy (non-hydrogen) atoms. The van der Waals surface area contributed by atoms with Gasteiger partial charge in [-0.3, -0.25) is 4.99 Å². The van der Waals surface area contributed by atoms with Gasteiger partial charge in [0.15, 0.2) is 5.96 Å². The Morgan fingerprint density at radius 1 is 1.32 bits per heavy atom. The molecular weight excluding hydrogens is 276 g/mol. The molecule has 0 saturated carbocycles. The first kappa shape index (κ1) is 14.8. The predicted molar refractivity (Wildman–Crippen MR) is 90.5 cm³/mol. The summed E-state index contributed by atoms with van der Waals surface area (Å²) < 4.78 is 5.46. The molecule has 0 amide bonds. The van der Waals surface area contributed by atoms with Crippen LogP contribution in [-0.4, -0.2) is 42.6 Å². The summed E-state index contributed by atoms with van der Waals surface area (Å²) in [7, 11) is 1.71. The van der Waals surface area contributed by atoms with Crippen molar-refractivity contribution in [3.8, 4) is 5.75 Å². The highest BCUT2D eigenvalue weighted by Gasteiger charge is 2.12. The molecule has 0 bridgehead atoms. The smallest absolute Gasteiger partial charge is 0.191 e. The van der Waals surface area contributed by atoms with Crippen LogP contribution in [0.25, 0.3) is 10.9 Å². The molecule has 5 nitrogen and oxygen atoms in total. The highest BCUT2D eigenvalue weighted by molar-refractivity contribution is 5.89. The van der Waals surface area contributed by atoms with Gasteiger partial charge in [0, 0.05) is 36.7 Å². The van der Waals surface area contributed by atoms with Gasteiger partial charge in [-0.2, -0.15) is 0 Å². The lowest BCUT2D eigenvalue weighted by atomic mass is 10.1. The van der Waals surface area contributed by atoms with E-state index in [0.29, 0.717) is 12.5 Å². The van der Waals surface area contributed by atoms with Gasteiger partial charge in [-0.15, -0.1) is 0 Å². The number of rotatable bonds is 4. The molecule has 1 aromatic carbocycles. The van der Waals surface area contributed by atoms with Crippen molar-refractivity contribution in [3.63, 3.8) is 0 Å². The maximum Gasteiger partial charge on any atom is 0.191 e. The molecule has 1 aromatic heterocycles. The van der Waals surface area contributed by atoms with E-state index in [9.17, 15) is 0 Å². The summed E-state index contributed by atoms with van der Waals surface area (Å²) in [5.41, 5.74) is 8.42. The molecule has 1 saturated heterocycles. The third kappa shape index (κ3) is 3.03. The summed E-state index contributed by atoms with van der Waals surface area (Å²) in [6, 6.07) is 6.05. The number of piperidine rings is 1. The molecule has 118 valence electrons. The van der Waals surface area contributed by atoms with Crippen molar-refractivity contribution in [2.45, 2.75) is 25.7 Å². The second-order valence-corrected chi connectivity index (χ2v) is 5.73. The van der Waals surface area contributed by atoms with E-state index >= 15 is 0 Å². The van der Waals surface area contributed by atoms with Gasteiger partial charge in [-0.25, -0.2) is 0 Å². The number of guanidine groups is 1. The lowest BCUT2D eigenvalue weighted by Gasteiger charge is -2.27. The predicted octanol–water partition coefficient (Wildman–Crippen LogP) is 2.52. The Morgan fingerprint density at radius 3 is 2.91 bits per heavy atom. The summed E-state index contributed by atoms with van der Waals surface area (Å²) in [5, 5.41) is 1.15. The van der Waals surface area contributed by atoms with E-state index in [-0.39, 0.29) is 0 Å². The number of hydrogen-bond acceptors (Lipinski definition) is 2. The van der Waals surface area contributed by atoms with Crippen molar-refractivity contribution in [3.05, 3.63) is 30.0 Å². The molecule has 3 N–H and O–H groups in total. The van der Waals surface area contributed by atoms with Crippen molar-refractivity contribution in [2.75, 3.05) is 26.7 Å². The standard InChI is InChI=1S/C17H24N4O/c1-22-15-7-5-6-14-16(15)13(12-20-14)8-9-19-17(18)21-10-3-2-4-11-21/h5-7,12,20H,2-4,8-11H2,1H3,(H2,18,19). The maximum absolute atomic E-state index is 6.10. The Kier molecular flexibility index (Phi) is 4.51. The fraction of sp³-hybridized carbons (Fsp3) is 0.471. The van der Waals surface area contributed by atoms with E-state index in [1.807, 2.05) is 18.3 Å². The van der Waals surface area contributed by atoms with Crippen LogP contribution in [0, 0.1) is 0 Å². The monoisotopic (exact) mass is 300 g/mol. The molecule has 0 spiro atoms. The number of methoxy groups -OCH3 is 1. The van der Waals surface area contributed by atoms with Crippen LogP contribution in [0.5, 0.6) is 5.75 Å².